The molecular weight excluding hydrogens is 444 g/mol. The maximum absolute atomic E-state index is 9.86. The molecule has 0 saturated heterocycles. The Morgan fingerprint density at radius 1 is 0.773 bits per heavy atom. The molecule has 2 rings (SSSR count). The Balaban J connectivity index is 0.00000242. The maximum atomic E-state index is 9.86. The molecule has 0 spiro atoms. The van der Waals surface area contributed by atoms with Crippen LogP contribution in [-0.4, -0.2) is 10.2 Å². The zero-order chi connectivity index (χ0) is 15.6. The molecule has 0 aliphatic rings. The van der Waals surface area contributed by atoms with Crippen LogP contribution in [0.25, 0.3) is 0 Å². The minimum Gasteiger partial charge on any atom is -0.508 e. The van der Waals surface area contributed by atoms with Crippen molar-refractivity contribution in [3.63, 3.8) is 0 Å². The van der Waals surface area contributed by atoms with Gasteiger partial charge < -0.3 is 10.2 Å². The largest absolute Gasteiger partial charge is 0.508 e. The molecule has 0 bridgehead atoms. The summed E-state index contributed by atoms with van der Waals surface area (Å²) in [5.41, 5.74) is 4.11. The molecule has 2 aromatic rings. The van der Waals surface area contributed by atoms with E-state index in [9.17, 15) is 10.2 Å². The van der Waals surface area contributed by atoms with E-state index in [0.29, 0.717) is 11.5 Å². The van der Waals surface area contributed by atoms with Gasteiger partial charge in [0.2, 0.25) is 0 Å². The van der Waals surface area contributed by atoms with E-state index in [4.69, 9.17) is 0 Å². The number of benzene rings is 2. The summed E-state index contributed by atoms with van der Waals surface area (Å²) in [7, 11) is 0. The fraction of sp³-hybridized carbons (Fsp3) is 0.368. The van der Waals surface area contributed by atoms with Crippen LogP contribution in [0.1, 0.15) is 49.9 Å². The first-order valence-corrected chi connectivity index (χ1v) is 7.54. The van der Waals surface area contributed by atoms with Crippen LogP contribution in [0.3, 0.4) is 0 Å². The second-order valence-electron chi connectivity index (χ2n) is 6.02. The van der Waals surface area contributed by atoms with Gasteiger partial charge in [-0.15, -0.1) is 0 Å². The van der Waals surface area contributed by atoms with Crippen LogP contribution in [0.2, 0.25) is 0 Å². The van der Waals surface area contributed by atoms with Gasteiger partial charge in [-0.25, -0.2) is 0 Å². The maximum Gasteiger partial charge on any atom is 0.118 e. The zero-order valence-electron chi connectivity index (χ0n) is 13.7. The average Bonchev–Trinajstić information content (AvgIpc) is 2.47. The van der Waals surface area contributed by atoms with Crippen molar-refractivity contribution in [1.29, 1.82) is 0 Å². The normalized spacial score (nSPS) is 11.1. The Morgan fingerprint density at radius 2 is 1.14 bits per heavy atom. The van der Waals surface area contributed by atoms with Crippen molar-refractivity contribution in [3.8, 4) is 11.5 Å². The van der Waals surface area contributed by atoms with Crippen LogP contribution in [0, 0.1) is 0 Å². The van der Waals surface area contributed by atoms with E-state index in [0.717, 1.165) is 24.0 Å². The zero-order valence-corrected chi connectivity index (χ0v) is 16.6. The Kier molecular flexibility index (Phi) is 6.25. The minimum absolute atomic E-state index is 0. The number of phenols is 2. The fourth-order valence-electron chi connectivity index (χ4n) is 2.68. The van der Waals surface area contributed by atoms with Gasteiger partial charge >= 0.3 is 0 Å². The molecule has 22 heavy (non-hydrogen) atoms. The molecule has 0 saturated carbocycles. The molecule has 0 fully saturated rings. The molecule has 118 valence electrons. The van der Waals surface area contributed by atoms with Crippen molar-refractivity contribution in [2.75, 3.05) is 0 Å². The van der Waals surface area contributed by atoms with Gasteiger partial charge in [-0.3, -0.25) is 0 Å². The second kappa shape index (κ2) is 7.33. The van der Waals surface area contributed by atoms with Crippen LogP contribution in [0.5, 0.6) is 11.5 Å². The number of aryl methyl sites for hydroxylation is 2. The van der Waals surface area contributed by atoms with Gasteiger partial charge in [0.15, 0.2) is 0 Å². The molecule has 0 unspecified atom stereocenters. The molecular formula is C19H24O2W. The topological polar surface area (TPSA) is 40.5 Å². The first-order valence-electron chi connectivity index (χ1n) is 7.54. The van der Waals surface area contributed by atoms with E-state index < -0.39 is 0 Å². The number of phenolic OH excluding ortho intramolecular Hbond substituents is 2. The van der Waals surface area contributed by atoms with E-state index >= 15 is 0 Å². The predicted molar refractivity (Wildman–Crippen MR) is 87.1 cm³/mol. The Morgan fingerprint density at radius 3 is 1.45 bits per heavy atom. The summed E-state index contributed by atoms with van der Waals surface area (Å²) in [5, 5.41) is 19.7. The molecule has 0 radical (unpaired) electrons. The van der Waals surface area contributed by atoms with Gasteiger partial charge in [0.05, 0.1) is 0 Å². The van der Waals surface area contributed by atoms with Gasteiger partial charge in [0, 0.05) is 26.5 Å². The van der Waals surface area contributed by atoms with E-state index in [1.165, 1.54) is 11.1 Å². The number of aromatic hydroxyl groups is 2. The summed E-state index contributed by atoms with van der Waals surface area (Å²) in [5.74, 6) is 0.717. The van der Waals surface area contributed by atoms with Gasteiger partial charge in [-0.2, -0.15) is 0 Å². The summed E-state index contributed by atoms with van der Waals surface area (Å²) >= 11 is 0. The third kappa shape index (κ3) is 3.55. The van der Waals surface area contributed by atoms with Crippen molar-refractivity contribution < 1.29 is 31.3 Å². The van der Waals surface area contributed by atoms with Gasteiger partial charge in [0.1, 0.15) is 11.5 Å². The third-order valence-corrected chi connectivity index (χ3v) is 4.36. The Bertz CT molecular complexity index is 592. The first kappa shape index (κ1) is 18.8. The van der Waals surface area contributed by atoms with Gasteiger partial charge in [0.25, 0.3) is 0 Å². The van der Waals surface area contributed by atoms with Crippen molar-refractivity contribution in [1.82, 2.24) is 0 Å². The SMILES string of the molecule is CCc1cc(C(C)(C)c2ccc(O)c(CC)c2)ccc1O.[W]. The standard InChI is InChI=1S/C19H24O2.W/c1-5-13-11-15(7-9-17(13)20)19(3,4)16-8-10-18(21)14(6-2)12-16;/h7-12,20-21H,5-6H2,1-4H3;. The van der Waals surface area contributed by atoms with Crippen molar-refractivity contribution in [3.05, 3.63) is 58.7 Å². The molecule has 3 heteroatoms. The smallest absolute Gasteiger partial charge is 0.118 e. The summed E-state index contributed by atoms with van der Waals surface area (Å²) in [6.07, 6.45) is 1.62. The van der Waals surface area contributed by atoms with Crippen LogP contribution in [-0.2, 0) is 39.3 Å². The van der Waals surface area contributed by atoms with Crippen molar-refractivity contribution in [2.45, 2.75) is 46.0 Å². The van der Waals surface area contributed by atoms with E-state index in [-0.39, 0.29) is 26.5 Å². The van der Waals surface area contributed by atoms with Crippen LogP contribution < -0.4 is 0 Å². The fourth-order valence-corrected chi connectivity index (χ4v) is 2.68. The number of hydrogen-bond acceptors (Lipinski definition) is 2. The Hall–Kier alpha value is -1.27. The first-order chi connectivity index (χ1) is 9.90. The molecule has 2 nitrogen and oxygen atoms in total. The Labute approximate surface area is 147 Å². The van der Waals surface area contributed by atoms with E-state index in [1.54, 1.807) is 12.1 Å². The molecule has 0 aliphatic carbocycles. The molecule has 2 aromatic carbocycles. The number of hydrogen-bond donors (Lipinski definition) is 2. The van der Waals surface area contributed by atoms with Gasteiger partial charge in [-0.05, 0) is 47.2 Å². The van der Waals surface area contributed by atoms with Crippen molar-refractivity contribution >= 4 is 0 Å². The van der Waals surface area contributed by atoms with Crippen LogP contribution >= 0.6 is 0 Å². The van der Waals surface area contributed by atoms with Gasteiger partial charge in [-0.1, -0.05) is 52.0 Å². The molecule has 2 N–H and O–H groups in total. The summed E-state index contributed by atoms with van der Waals surface area (Å²) in [4.78, 5) is 0. The molecule has 0 atom stereocenters. The summed E-state index contributed by atoms with van der Waals surface area (Å²) in [6.45, 7) is 8.43. The quantitative estimate of drug-likeness (QED) is 0.692. The molecule has 0 aliphatic heterocycles. The monoisotopic (exact) mass is 468 g/mol. The van der Waals surface area contributed by atoms with Crippen molar-refractivity contribution in [2.24, 2.45) is 0 Å². The summed E-state index contributed by atoms with van der Waals surface area (Å²) < 4.78 is 0. The minimum atomic E-state index is -0.171. The molecule has 0 heterocycles. The molecule has 0 aromatic heterocycles. The van der Waals surface area contributed by atoms with E-state index in [2.05, 4.69) is 26.0 Å². The third-order valence-electron chi connectivity index (χ3n) is 4.36. The average molecular weight is 468 g/mol. The second-order valence-corrected chi connectivity index (χ2v) is 6.02. The van der Waals surface area contributed by atoms with E-state index in [1.807, 2.05) is 26.0 Å². The molecule has 0 amide bonds. The summed E-state index contributed by atoms with van der Waals surface area (Å²) in [6, 6.07) is 11.7. The van der Waals surface area contributed by atoms with Crippen LogP contribution in [0.4, 0.5) is 0 Å². The van der Waals surface area contributed by atoms with Crippen LogP contribution in [0.15, 0.2) is 36.4 Å². The number of rotatable bonds is 4. The predicted octanol–water partition coefficient (Wildman–Crippen LogP) is 4.55.